The Morgan fingerprint density at radius 3 is 2.32 bits per heavy atom. The lowest BCUT2D eigenvalue weighted by atomic mass is 9.89. The van der Waals surface area contributed by atoms with Crippen LogP contribution in [0.3, 0.4) is 0 Å². The summed E-state index contributed by atoms with van der Waals surface area (Å²) in [5, 5.41) is 2.19. The van der Waals surface area contributed by atoms with Crippen molar-refractivity contribution in [3.05, 3.63) is 82.9 Å². The third-order valence-electron chi connectivity index (χ3n) is 6.31. The Morgan fingerprint density at radius 2 is 1.65 bits per heavy atom. The minimum absolute atomic E-state index is 0.337. The Kier molecular flexibility index (Phi) is 5.67. The lowest BCUT2D eigenvalue weighted by Crippen LogP contribution is -2.37. The molecule has 3 atom stereocenters. The summed E-state index contributed by atoms with van der Waals surface area (Å²) >= 11 is 6.01. The molecule has 0 aromatic heterocycles. The SMILES string of the molecule is COc1ccc([C@@H]2[C@H]3C(=O)N(c4ccc(Cl)cc4)C(=O)[C@H]3ON2c2ccccc2C)c(OC)c1. The molecule has 3 aromatic rings. The van der Waals surface area contributed by atoms with Gasteiger partial charge in [0, 0.05) is 16.7 Å². The predicted molar refractivity (Wildman–Crippen MR) is 128 cm³/mol. The van der Waals surface area contributed by atoms with Crippen LogP contribution in [0.25, 0.3) is 0 Å². The Bertz CT molecular complexity index is 1260. The summed E-state index contributed by atoms with van der Waals surface area (Å²) in [4.78, 5) is 34.6. The summed E-state index contributed by atoms with van der Waals surface area (Å²) in [6.07, 6.45) is -0.973. The molecule has 0 unspecified atom stereocenters. The summed E-state index contributed by atoms with van der Waals surface area (Å²) in [5.41, 5.74) is 2.91. The molecular formula is C26H23ClN2O5. The number of hydroxylamine groups is 1. The lowest BCUT2D eigenvalue weighted by molar-refractivity contribution is -0.126. The fourth-order valence-electron chi connectivity index (χ4n) is 4.66. The van der Waals surface area contributed by atoms with Crippen molar-refractivity contribution < 1.29 is 23.9 Å². The van der Waals surface area contributed by atoms with Crippen molar-refractivity contribution in [2.75, 3.05) is 24.2 Å². The highest BCUT2D eigenvalue weighted by molar-refractivity contribution is 6.31. The van der Waals surface area contributed by atoms with Crippen LogP contribution in [-0.4, -0.2) is 32.1 Å². The number of ether oxygens (including phenoxy) is 2. The Labute approximate surface area is 202 Å². The number of carbonyl (C=O) groups excluding carboxylic acids is 2. The second-order valence-electron chi connectivity index (χ2n) is 8.21. The van der Waals surface area contributed by atoms with Gasteiger partial charge in [-0.15, -0.1) is 0 Å². The number of amides is 2. The number of hydrogen-bond donors (Lipinski definition) is 0. The molecule has 0 spiro atoms. The van der Waals surface area contributed by atoms with Gasteiger partial charge in [-0.05, 0) is 55.0 Å². The zero-order chi connectivity index (χ0) is 24.0. The first-order chi connectivity index (χ1) is 16.4. The van der Waals surface area contributed by atoms with Crippen LogP contribution in [0.5, 0.6) is 11.5 Å². The van der Waals surface area contributed by atoms with E-state index in [2.05, 4.69) is 0 Å². The molecule has 3 aromatic carbocycles. The molecule has 2 amide bonds. The standard InChI is InChI=1S/C26H23ClN2O5/c1-15-6-4-5-7-20(15)29-23(19-13-12-18(32-2)14-21(19)33-3)22-24(34-29)26(31)28(25(22)30)17-10-8-16(27)9-11-17/h4-14,22-24H,1-3H3/t22-,23-,24+/m1/s1. The van der Waals surface area contributed by atoms with Gasteiger partial charge in [-0.3, -0.25) is 14.4 Å². The highest BCUT2D eigenvalue weighted by atomic mass is 35.5. The van der Waals surface area contributed by atoms with Gasteiger partial charge in [0.1, 0.15) is 17.4 Å². The van der Waals surface area contributed by atoms with Crippen LogP contribution in [0.2, 0.25) is 5.02 Å². The van der Waals surface area contributed by atoms with Crippen LogP contribution in [-0.2, 0) is 14.4 Å². The van der Waals surface area contributed by atoms with Crippen LogP contribution in [0.1, 0.15) is 17.2 Å². The van der Waals surface area contributed by atoms with Crippen LogP contribution in [0, 0.1) is 12.8 Å². The molecule has 0 bridgehead atoms. The first-order valence-corrected chi connectivity index (χ1v) is 11.2. The maximum atomic E-state index is 13.8. The number of anilines is 2. The zero-order valence-corrected chi connectivity index (χ0v) is 19.7. The molecule has 5 rings (SSSR count). The molecule has 0 N–H and O–H groups in total. The van der Waals surface area contributed by atoms with Crippen molar-refractivity contribution in [1.82, 2.24) is 0 Å². The third-order valence-corrected chi connectivity index (χ3v) is 6.56. The number of aryl methyl sites for hydroxylation is 1. The number of halogens is 1. The fraction of sp³-hybridized carbons (Fsp3) is 0.231. The molecule has 0 radical (unpaired) electrons. The summed E-state index contributed by atoms with van der Waals surface area (Å²) in [5.74, 6) is -0.361. The Morgan fingerprint density at radius 1 is 0.912 bits per heavy atom. The number of imide groups is 1. The van der Waals surface area contributed by atoms with Crippen LogP contribution in [0.4, 0.5) is 11.4 Å². The third kappa shape index (κ3) is 3.48. The van der Waals surface area contributed by atoms with E-state index in [0.717, 1.165) is 16.8 Å². The van der Waals surface area contributed by atoms with E-state index in [-0.39, 0.29) is 5.91 Å². The highest BCUT2D eigenvalue weighted by Gasteiger charge is 2.60. The van der Waals surface area contributed by atoms with Crippen LogP contribution < -0.4 is 19.4 Å². The van der Waals surface area contributed by atoms with Gasteiger partial charge in [0.05, 0.1) is 31.6 Å². The minimum Gasteiger partial charge on any atom is -0.497 e. The molecule has 8 heteroatoms. The van der Waals surface area contributed by atoms with Gasteiger partial charge >= 0.3 is 0 Å². The molecular weight excluding hydrogens is 456 g/mol. The Hall–Kier alpha value is -3.55. The summed E-state index contributed by atoms with van der Waals surface area (Å²) in [6.45, 7) is 1.96. The van der Waals surface area contributed by atoms with Gasteiger partial charge in [0.15, 0.2) is 6.10 Å². The number of nitrogens with zero attached hydrogens (tertiary/aromatic N) is 2. The van der Waals surface area contributed by atoms with Crippen molar-refractivity contribution in [2.45, 2.75) is 19.1 Å². The molecule has 34 heavy (non-hydrogen) atoms. The maximum Gasteiger partial charge on any atom is 0.266 e. The van der Waals surface area contributed by atoms with Crippen LogP contribution in [0.15, 0.2) is 66.7 Å². The van der Waals surface area contributed by atoms with Gasteiger partial charge in [-0.1, -0.05) is 29.8 Å². The minimum atomic E-state index is -0.973. The number of methoxy groups -OCH3 is 2. The van der Waals surface area contributed by atoms with Crippen molar-refractivity contribution in [2.24, 2.45) is 5.92 Å². The van der Waals surface area contributed by atoms with Gasteiger partial charge in [-0.25, -0.2) is 9.96 Å². The van der Waals surface area contributed by atoms with E-state index >= 15 is 0 Å². The Balaban J connectivity index is 1.64. The molecule has 2 heterocycles. The second-order valence-corrected chi connectivity index (χ2v) is 8.64. The summed E-state index contributed by atoms with van der Waals surface area (Å²) in [6, 6.07) is 19.1. The number of hydrogen-bond acceptors (Lipinski definition) is 6. The maximum absolute atomic E-state index is 13.8. The van der Waals surface area contributed by atoms with Crippen molar-refractivity contribution in [3.8, 4) is 11.5 Å². The quantitative estimate of drug-likeness (QED) is 0.494. The number of carbonyl (C=O) groups is 2. The largest absolute Gasteiger partial charge is 0.497 e. The molecule has 0 aliphatic carbocycles. The fourth-order valence-corrected chi connectivity index (χ4v) is 4.78. The van der Waals surface area contributed by atoms with E-state index < -0.39 is 24.0 Å². The van der Waals surface area contributed by atoms with Crippen molar-refractivity contribution >= 4 is 34.8 Å². The van der Waals surface area contributed by atoms with Crippen molar-refractivity contribution in [1.29, 1.82) is 0 Å². The molecule has 174 valence electrons. The summed E-state index contributed by atoms with van der Waals surface area (Å²) < 4.78 is 11.0. The van der Waals surface area contributed by atoms with E-state index in [9.17, 15) is 9.59 Å². The molecule has 2 saturated heterocycles. The van der Waals surface area contributed by atoms with Crippen LogP contribution >= 0.6 is 11.6 Å². The first kappa shape index (κ1) is 22.3. The molecule has 7 nitrogen and oxygen atoms in total. The number of rotatable bonds is 5. The van der Waals surface area contributed by atoms with Gasteiger partial charge in [0.25, 0.3) is 5.91 Å². The van der Waals surface area contributed by atoms with Gasteiger partial charge < -0.3 is 9.47 Å². The highest BCUT2D eigenvalue weighted by Crippen LogP contribution is 2.50. The lowest BCUT2D eigenvalue weighted by Gasteiger charge is -2.30. The second kappa shape index (κ2) is 8.66. The van der Waals surface area contributed by atoms with E-state index in [1.165, 1.54) is 4.90 Å². The van der Waals surface area contributed by atoms with E-state index in [1.54, 1.807) is 55.7 Å². The number of fused-ring (bicyclic) bond motifs is 1. The molecule has 2 aliphatic heterocycles. The van der Waals surface area contributed by atoms with Gasteiger partial charge in [-0.2, -0.15) is 0 Å². The normalized spacial score (nSPS) is 21.7. The summed E-state index contributed by atoms with van der Waals surface area (Å²) in [7, 11) is 3.14. The van der Waals surface area contributed by atoms with E-state index in [4.69, 9.17) is 25.9 Å². The topological polar surface area (TPSA) is 68.3 Å². The predicted octanol–water partition coefficient (Wildman–Crippen LogP) is 4.72. The number of para-hydroxylation sites is 1. The number of benzene rings is 3. The van der Waals surface area contributed by atoms with Crippen molar-refractivity contribution in [3.63, 3.8) is 0 Å². The monoisotopic (exact) mass is 478 g/mol. The average molecular weight is 479 g/mol. The van der Waals surface area contributed by atoms with E-state index in [1.807, 2.05) is 37.3 Å². The molecule has 0 saturated carbocycles. The first-order valence-electron chi connectivity index (χ1n) is 10.8. The average Bonchev–Trinajstić information content (AvgIpc) is 3.35. The molecule has 2 aliphatic rings. The van der Waals surface area contributed by atoms with Gasteiger partial charge in [0.2, 0.25) is 5.91 Å². The molecule has 2 fully saturated rings. The smallest absolute Gasteiger partial charge is 0.266 e. The zero-order valence-electron chi connectivity index (χ0n) is 18.9. The van der Waals surface area contributed by atoms with E-state index in [0.29, 0.717) is 22.2 Å².